The fourth-order valence-electron chi connectivity index (χ4n) is 2.16. The Kier molecular flexibility index (Phi) is 4.63. The van der Waals surface area contributed by atoms with Crippen LogP contribution in [0, 0.1) is 5.92 Å². The molecular formula is C16H20N2O2S. The molecule has 0 aromatic heterocycles. The zero-order valence-corrected chi connectivity index (χ0v) is 13.3. The Morgan fingerprint density at radius 2 is 1.81 bits per heavy atom. The van der Waals surface area contributed by atoms with Crippen molar-refractivity contribution in [2.45, 2.75) is 32.1 Å². The standard InChI is InChI=1S/C16H20N2O2S/c1-12(2)10-13(3)17-18-21(19,20)16-9-8-14-6-4-5-7-15(14)11-16/h4-9,11-12,18H,10H2,1-3H3/b17-13+. The van der Waals surface area contributed by atoms with Crippen molar-refractivity contribution in [3.63, 3.8) is 0 Å². The normalized spacial score (nSPS) is 12.9. The Labute approximate surface area is 125 Å². The lowest BCUT2D eigenvalue weighted by atomic mass is 10.1. The Balaban J connectivity index is 2.25. The summed E-state index contributed by atoms with van der Waals surface area (Å²) in [6.07, 6.45) is 0.764. The number of rotatable bonds is 5. The van der Waals surface area contributed by atoms with Gasteiger partial charge in [0, 0.05) is 5.71 Å². The molecule has 0 saturated carbocycles. The summed E-state index contributed by atoms with van der Waals surface area (Å²) >= 11 is 0. The lowest BCUT2D eigenvalue weighted by Gasteiger charge is -2.07. The Hall–Kier alpha value is -1.88. The highest BCUT2D eigenvalue weighted by atomic mass is 32.2. The van der Waals surface area contributed by atoms with Gasteiger partial charge in [0.2, 0.25) is 0 Å². The molecule has 0 bridgehead atoms. The lowest BCUT2D eigenvalue weighted by Crippen LogP contribution is -2.20. The van der Waals surface area contributed by atoms with Gasteiger partial charge in [0.1, 0.15) is 0 Å². The van der Waals surface area contributed by atoms with Gasteiger partial charge in [0.15, 0.2) is 0 Å². The van der Waals surface area contributed by atoms with Gasteiger partial charge in [0.25, 0.3) is 10.0 Å². The molecule has 2 aromatic carbocycles. The summed E-state index contributed by atoms with van der Waals surface area (Å²) < 4.78 is 24.5. The second kappa shape index (κ2) is 6.26. The highest BCUT2D eigenvalue weighted by Gasteiger charge is 2.13. The Bertz CT molecular complexity index is 765. The van der Waals surface area contributed by atoms with Gasteiger partial charge in [-0.1, -0.05) is 44.2 Å². The quantitative estimate of drug-likeness (QED) is 0.678. The van der Waals surface area contributed by atoms with E-state index < -0.39 is 10.0 Å². The van der Waals surface area contributed by atoms with Gasteiger partial charge >= 0.3 is 0 Å². The zero-order valence-electron chi connectivity index (χ0n) is 12.5. The molecule has 0 aliphatic carbocycles. The van der Waals surface area contributed by atoms with Crippen LogP contribution in [-0.4, -0.2) is 14.1 Å². The minimum absolute atomic E-state index is 0.224. The molecule has 112 valence electrons. The number of hydrazone groups is 1. The predicted molar refractivity (Wildman–Crippen MR) is 86.8 cm³/mol. The van der Waals surface area contributed by atoms with E-state index in [0.29, 0.717) is 5.92 Å². The molecule has 0 aliphatic rings. The van der Waals surface area contributed by atoms with Crippen molar-refractivity contribution in [3.05, 3.63) is 42.5 Å². The van der Waals surface area contributed by atoms with E-state index in [0.717, 1.165) is 22.9 Å². The molecule has 0 saturated heterocycles. The fraction of sp³-hybridized carbons (Fsp3) is 0.312. The summed E-state index contributed by atoms with van der Waals surface area (Å²) in [7, 11) is -3.62. The third-order valence-corrected chi connectivity index (χ3v) is 4.30. The number of hydrogen-bond donors (Lipinski definition) is 1. The van der Waals surface area contributed by atoms with Crippen LogP contribution >= 0.6 is 0 Å². The molecule has 0 amide bonds. The fourth-order valence-corrected chi connectivity index (χ4v) is 3.07. The first-order valence-corrected chi connectivity index (χ1v) is 8.40. The van der Waals surface area contributed by atoms with Gasteiger partial charge in [0.05, 0.1) is 4.90 Å². The molecule has 5 heteroatoms. The van der Waals surface area contributed by atoms with Crippen LogP contribution in [0.4, 0.5) is 0 Å². The number of sulfonamides is 1. The smallest absolute Gasteiger partial charge is 0.200 e. The summed E-state index contributed by atoms with van der Waals surface area (Å²) in [5, 5.41) is 5.87. The van der Waals surface area contributed by atoms with E-state index in [1.54, 1.807) is 18.2 Å². The van der Waals surface area contributed by atoms with Crippen LogP contribution in [0.1, 0.15) is 27.2 Å². The minimum atomic E-state index is -3.62. The number of fused-ring (bicyclic) bond motifs is 1. The second-order valence-electron chi connectivity index (χ2n) is 5.55. The lowest BCUT2D eigenvalue weighted by molar-refractivity contribution is 0.583. The van der Waals surface area contributed by atoms with Crippen molar-refractivity contribution in [1.29, 1.82) is 0 Å². The van der Waals surface area contributed by atoms with Crippen molar-refractivity contribution < 1.29 is 8.42 Å². The SMILES string of the molecule is C/C(CC(C)C)=N\NS(=O)(=O)c1ccc2ccccc2c1. The van der Waals surface area contributed by atoms with Crippen molar-refractivity contribution in [2.24, 2.45) is 11.0 Å². The third kappa shape index (κ3) is 4.04. The largest absolute Gasteiger partial charge is 0.276 e. The van der Waals surface area contributed by atoms with Crippen LogP contribution in [0.2, 0.25) is 0 Å². The summed E-state index contributed by atoms with van der Waals surface area (Å²) in [4.78, 5) is 2.53. The minimum Gasteiger partial charge on any atom is -0.200 e. The molecule has 0 heterocycles. The average molecular weight is 304 g/mol. The van der Waals surface area contributed by atoms with Crippen LogP contribution in [0.25, 0.3) is 10.8 Å². The van der Waals surface area contributed by atoms with Gasteiger partial charge in [-0.2, -0.15) is 13.5 Å². The van der Waals surface area contributed by atoms with Crippen molar-refractivity contribution in [1.82, 2.24) is 4.83 Å². The summed E-state index contributed by atoms with van der Waals surface area (Å²) in [6.45, 7) is 5.95. The van der Waals surface area contributed by atoms with Crippen LogP contribution in [0.15, 0.2) is 52.5 Å². The molecule has 21 heavy (non-hydrogen) atoms. The zero-order chi connectivity index (χ0) is 15.5. The topological polar surface area (TPSA) is 58.5 Å². The van der Waals surface area contributed by atoms with E-state index in [1.807, 2.05) is 31.2 Å². The van der Waals surface area contributed by atoms with Crippen molar-refractivity contribution in [2.75, 3.05) is 0 Å². The molecule has 0 radical (unpaired) electrons. The first-order valence-electron chi connectivity index (χ1n) is 6.92. The number of nitrogens with zero attached hydrogens (tertiary/aromatic N) is 1. The van der Waals surface area contributed by atoms with Crippen LogP contribution in [0.3, 0.4) is 0 Å². The number of nitrogens with one attached hydrogen (secondary N) is 1. The molecule has 0 unspecified atom stereocenters. The van der Waals surface area contributed by atoms with Crippen LogP contribution in [0.5, 0.6) is 0 Å². The summed E-state index contributed by atoms with van der Waals surface area (Å²) in [5.41, 5.74) is 0.773. The summed E-state index contributed by atoms with van der Waals surface area (Å²) in [6, 6.07) is 12.7. The van der Waals surface area contributed by atoms with E-state index in [9.17, 15) is 8.42 Å². The number of hydrogen-bond acceptors (Lipinski definition) is 3. The molecule has 2 aromatic rings. The maximum atomic E-state index is 12.2. The van der Waals surface area contributed by atoms with E-state index in [2.05, 4.69) is 23.8 Å². The molecule has 1 N–H and O–H groups in total. The summed E-state index contributed by atoms with van der Waals surface area (Å²) in [5.74, 6) is 0.443. The average Bonchev–Trinajstić information content (AvgIpc) is 2.44. The van der Waals surface area contributed by atoms with Gasteiger partial charge < -0.3 is 0 Å². The van der Waals surface area contributed by atoms with E-state index in [4.69, 9.17) is 0 Å². The van der Waals surface area contributed by atoms with E-state index in [1.165, 1.54) is 0 Å². The second-order valence-corrected chi connectivity index (χ2v) is 7.21. The van der Waals surface area contributed by atoms with Gasteiger partial charge in [-0.25, -0.2) is 4.83 Å². The molecule has 0 atom stereocenters. The third-order valence-electron chi connectivity index (χ3n) is 3.09. The Morgan fingerprint density at radius 3 is 2.48 bits per heavy atom. The van der Waals surface area contributed by atoms with Gasteiger partial charge in [-0.3, -0.25) is 0 Å². The maximum absolute atomic E-state index is 12.2. The van der Waals surface area contributed by atoms with E-state index in [-0.39, 0.29) is 4.90 Å². The molecule has 0 fully saturated rings. The molecule has 0 spiro atoms. The molecular weight excluding hydrogens is 284 g/mol. The number of benzene rings is 2. The molecule has 0 aliphatic heterocycles. The van der Waals surface area contributed by atoms with Crippen molar-refractivity contribution in [3.8, 4) is 0 Å². The highest BCUT2D eigenvalue weighted by Crippen LogP contribution is 2.18. The predicted octanol–water partition coefficient (Wildman–Crippen LogP) is 3.54. The van der Waals surface area contributed by atoms with Crippen molar-refractivity contribution >= 4 is 26.5 Å². The van der Waals surface area contributed by atoms with Crippen LogP contribution < -0.4 is 4.83 Å². The monoisotopic (exact) mass is 304 g/mol. The van der Waals surface area contributed by atoms with E-state index >= 15 is 0 Å². The maximum Gasteiger partial charge on any atom is 0.276 e. The first-order chi connectivity index (χ1) is 9.88. The highest BCUT2D eigenvalue weighted by molar-refractivity contribution is 7.89. The first kappa shape index (κ1) is 15.5. The molecule has 2 rings (SSSR count). The van der Waals surface area contributed by atoms with Gasteiger partial charge in [-0.05, 0) is 42.2 Å². The van der Waals surface area contributed by atoms with Gasteiger partial charge in [-0.15, -0.1) is 0 Å². The van der Waals surface area contributed by atoms with Crippen LogP contribution in [-0.2, 0) is 10.0 Å². The molecule has 4 nitrogen and oxygen atoms in total. The Morgan fingerprint density at radius 1 is 1.14 bits per heavy atom.